The molecule has 0 aromatic heterocycles. The van der Waals surface area contributed by atoms with Crippen molar-refractivity contribution in [3.8, 4) is 0 Å². The van der Waals surface area contributed by atoms with Gasteiger partial charge in [0.05, 0.1) is 5.60 Å². The van der Waals surface area contributed by atoms with Crippen LogP contribution in [-0.2, 0) is 5.60 Å². The number of benzene rings is 1. The van der Waals surface area contributed by atoms with E-state index in [1.54, 1.807) is 0 Å². The average Bonchev–Trinajstić information content (AvgIpc) is 2.23. The highest BCUT2D eigenvalue weighted by atomic mass is 16.3. The van der Waals surface area contributed by atoms with Gasteiger partial charge in [-0.1, -0.05) is 36.8 Å². The summed E-state index contributed by atoms with van der Waals surface area (Å²) >= 11 is 0. The van der Waals surface area contributed by atoms with Gasteiger partial charge in [-0.3, -0.25) is 0 Å². The molecule has 0 saturated heterocycles. The van der Waals surface area contributed by atoms with E-state index in [0.717, 1.165) is 37.2 Å². The van der Waals surface area contributed by atoms with Crippen molar-refractivity contribution in [2.45, 2.75) is 45.1 Å². The van der Waals surface area contributed by atoms with Crippen LogP contribution in [-0.4, -0.2) is 5.11 Å². The monoisotopic (exact) mass is 204 g/mol. The lowest BCUT2D eigenvalue weighted by molar-refractivity contribution is -0.0120. The fraction of sp³-hybridized carbons (Fsp3) is 0.571. The maximum absolute atomic E-state index is 10.6. The Morgan fingerprint density at radius 2 is 1.93 bits per heavy atom. The van der Waals surface area contributed by atoms with E-state index in [1.165, 1.54) is 5.56 Å². The molecule has 0 atom stereocenters. The van der Waals surface area contributed by atoms with E-state index in [2.05, 4.69) is 32.0 Å². The standard InChI is InChI=1S/C14H20O/c1-11-6-8-14(15,9-7-11)13-5-3-4-12(2)10-13/h3-5,10-11,15H,6-9H2,1-2H3. The number of aryl methyl sites for hydroxylation is 1. The van der Waals surface area contributed by atoms with Gasteiger partial charge in [-0.25, -0.2) is 0 Å². The highest BCUT2D eigenvalue weighted by molar-refractivity contribution is 5.27. The molecule has 1 fully saturated rings. The fourth-order valence-electron chi connectivity index (χ4n) is 2.46. The molecule has 0 radical (unpaired) electrons. The van der Waals surface area contributed by atoms with Gasteiger partial charge in [-0.15, -0.1) is 0 Å². The van der Waals surface area contributed by atoms with Gasteiger partial charge in [0.25, 0.3) is 0 Å². The summed E-state index contributed by atoms with van der Waals surface area (Å²) in [4.78, 5) is 0. The predicted molar refractivity (Wildman–Crippen MR) is 62.7 cm³/mol. The molecule has 0 aliphatic heterocycles. The second-order valence-corrected chi connectivity index (χ2v) is 5.08. The number of rotatable bonds is 1. The normalized spacial score (nSPS) is 31.5. The molecule has 1 aromatic carbocycles. The van der Waals surface area contributed by atoms with Crippen molar-refractivity contribution in [1.82, 2.24) is 0 Å². The van der Waals surface area contributed by atoms with Gasteiger partial charge in [-0.2, -0.15) is 0 Å². The topological polar surface area (TPSA) is 20.2 Å². The second-order valence-electron chi connectivity index (χ2n) is 5.08. The molecule has 0 unspecified atom stereocenters. The van der Waals surface area contributed by atoms with Crippen molar-refractivity contribution in [3.05, 3.63) is 35.4 Å². The minimum absolute atomic E-state index is 0.557. The molecular weight excluding hydrogens is 184 g/mol. The Morgan fingerprint density at radius 3 is 2.53 bits per heavy atom. The lowest BCUT2D eigenvalue weighted by Gasteiger charge is -2.35. The first kappa shape index (κ1) is 10.7. The van der Waals surface area contributed by atoms with E-state index in [9.17, 15) is 5.11 Å². The molecule has 1 aromatic rings. The SMILES string of the molecule is Cc1cccc(C2(O)CCC(C)CC2)c1. The predicted octanol–water partition coefficient (Wildman–Crippen LogP) is 3.39. The molecule has 1 nitrogen and oxygen atoms in total. The molecule has 0 bridgehead atoms. The van der Waals surface area contributed by atoms with Crippen LogP contribution in [0.1, 0.15) is 43.7 Å². The molecule has 0 heterocycles. The number of hydrogen-bond donors (Lipinski definition) is 1. The molecule has 1 saturated carbocycles. The Balaban J connectivity index is 2.22. The minimum atomic E-state index is -0.557. The summed E-state index contributed by atoms with van der Waals surface area (Å²) in [7, 11) is 0. The van der Waals surface area contributed by atoms with Crippen molar-refractivity contribution in [2.75, 3.05) is 0 Å². The van der Waals surface area contributed by atoms with Crippen LogP contribution in [0, 0.1) is 12.8 Å². The van der Waals surface area contributed by atoms with E-state index in [1.807, 2.05) is 6.07 Å². The van der Waals surface area contributed by atoms with Crippen LogP contribution in [0.15, 0.2) is 24.3 Å². The summed E-state index contributed by atoms with van der Waals surface area (Å²) in [5.41, 5.74) is 1.78. The van der Waals surface area contributed by atoms with Crippen LogP contribution in [0.25, 0.3) is 0 Å². The van der Waals surface area contributed by atoms with Gasteiger partial charge in [0.1, 0.15) is 0 Å². The van der Waals surface area contributed by atoms with Crippen LogP contribution in [0.4, 0.5) is 0 Å². The number of hydrogen-bond acceptors (Lipinski definition) is 1. The summed E-state index contributed by atoms with van der Waals surface area (Å²) < 4.78 is 0. The first-order valence-corrected chi connectivity index (χ1v) is 5.90. The van der Waals surface area contributed by atoms with Gasteiger partial charge < -0.3 is 5.11 Å². The summed E-state index contributed by atoms with van der Waals surface area (Å²) in [5, 5.41) is 10.6. The van der Waals surface area contributed by atoms with Crippen LogP contribution in [0.5, 0.6) is 0 Å². The Kier molecular flexibility index (Phi) is 2.83. The Morgan fingerprint density at radius 1 is 1.27 bits per heavy atom. The van der Waals surface area contributed by atoms with Crippen LogP contribution >= 0.6 is 0 Å². The fourth-order valence-corrected chi connectivity index (χ4v) is 2.46. The molecule has 15 heavy (non-hydrogen) atoms. The lowest BCUT2D eigenvalue weighted by Crippen LogP contribution is -2.30. The maximum atomic E-state index is 10.6. The molecule has 0 amide bonds. The maximum Gasteiger partial charge on any atom is 0.0896 e. The van der Waals surface area contributed by atoms with Crippen LogP contribution in [0.3, 0.4) is 0 Å². The first-order valence-electron chi connectivity index (χ1n) is 5.90. The Labute approximate surface area is 92.1 Å². The van der Waals surface area contributed by atoms with E-state index in [4.69, 9.17) is 0 Å². The van der Waals surface area contributed by atoms with Crippen molar-refractivity contribution >= 4 is 0 Å². The van der Waals surface area contributed by atoms with Gasteiger partial charge in [0.2, 0.25) is 0 Å². The smallest absolute Gasteiger partial charge is 0.0896 e. The zero-order valence-electron chi connectivity index (χ0n) is 9.66. The third-order valence-electron chi connectivity index (χ3n) is 3.66. The van der Waals surface area contributed by atoms with E-state index < -0.39 is 5.60 Å². The molecule has 1 N–H and O–H groups in total. The van der Waals surface area contributed by atoms with Gasteiger partial charge in [0.15, 0.2) is 0 Å². The van der Waals surface area contributed by atoms with Crippen molar-refractivity contribution in [2.24, 2.45) is 5.92 Å². The summed E-state index contributed by atoms with van der Waals surface area (Å²) in [6.07, 6.45) is 4.12. The molecule has 1 aliphatic carbocycles. The summed E-state index contributed by atoms with van der Waals surface area (Å²) in [5.74, 6) is 0.773. The van der Waals surface area contributed by atoms with Crippen molar-refractivity contribution < 1.29 is 5.11 Å². The highest BCUT2D eigenvalue weighted by Crippen LogP contribution is 2.39. The molecule has 82 valence electrons. The lowest BCUT2D eigenvalue weighted by atomic mass is 9.75. The second kappa shape index (κ2) is 3.97. The van der Waals surface area contributed by atoms with Gasteiger partial charge >= 0.3 is 0 Å². The van der Waals surface area contributed by atoms with Crippen LogP contribution in [0.2, 0.25) is 0 Å². The third-order valence-corrected chi connectivity index (χ3v) is 3.66. The first-order chi connectivity index (χ1) is 7.10. The summed E-state index contributed by atoms with van der Waals surface area (Å²) in [6, 6.07) is 8.30. The van der Waals surface area contributed by atoms with E-state index in [0.29, 0.717) is 0 Å². The minimum Gasteiger partial charge on any atom is -0.385 e. The van der Waals surface area contributed by atoms with E-state index in [-0.39, 0.29) is 0 Å². The molecule has 2 rings (SSSR count). The molecule has 1 aliphatic rings. The van der Waals surface area contributed by atoms with Crippen molar-refractivity contribution in [1.29, 1.82) is 0 Å². The zero-order valence-corrected chi connectivity index (χ0v) is 9.66. The average molecular weight is 204 g/mol. The quantitative estimate of drug-likeness (QED) is 0.743. The van der Waals surface area contributed by atoms with Gasteiger partial charge in [0, 0.05) is 0 Å². The van der Waals surface area contributed by atoms with Crippen LogP contribution < -0.4 is 0 Å². The van der Waals surface area contributed by atoms with Gasteiger partial charge in [-0.05, 0) is 44.1 Å². The Hall–Kier alpha value is -0.820. The molecule has 1 heteroatoms. The van der Waals surface area contributed by atoms with E-state index >= 15 is 0 Å². The zero-order chi connectivity index (χ0) is 10.9. The highest BCUT2D eigenvalue weighted by Gasteiger charge is 2.33. The molecular formula is C14H20O. The third kappa shape index (κ3) is 2.23. The largest absolute Gasteiger partial charge is 0.385 e. The summed E-state index contributed by atoms with van der Waals surface area (Å²) in [6.45, 7) is 4.36. The van der Waals surface area contributed by atoms with Crippen molar-refractivity contribution in [3.63, 3.8) is 0 Å². The molecule has 0 spiro atoms. The number of aliphatic hydroxyl groups is 1. The Bertz CT molecular complexity index is 335.